The zero-order valence-corrected chi connectivity index (χ0v) is 19.8. The van der Waals surface area contributed by atoms with E-state index < -0.39 is 23.7 Å². The second-order valence-corrected chi connectivity index (χ2v) is 10.00. The van der Waals surface area contributed by atoms with E-state index in [9.17, 15) is 19.5 Å². The predicted molar refractivity (Wildman–Crippen MR) is 127 cm³/mol. The Labute approximate surface area is 197 Å². The minimum absolute atomic E-state index is 0.122. The van der Waals surface area contributed by atoms with Crippen molar-refractivity contribution in [3.63, 3.8) is 0 Å². The third kappa shape index (κ3) is 4.65. The molecule has 0 spiro atoms. The second-order valence-electron chi connectivity index (χ2n) is 8.77. The molecule has 176 valence electrons. The number of nitrogens with one attached hydrogen (secondary N) is 2. The van der Waals surface area contributed by atoms with Gasteiger partial charge in [-0.1, -0.05) is 6.07 Å². The van der Waals surface area contributed by atoms with Crippen LogP contribution in [0.2, 0.25) is 0 Å². The minimum Gasteiger partial charge on any atom is -0.505 e. The van der Waals surface area contributed by atoms with Crippen molar-refractivity contribution in [3.05, 3.63) is 47.4 Å². The van der Waals surface area contributed by atoms with Gasteiger partial charge in [-0.05, 0) is 61.5 Å². The summed E-state index contributed by atoms with van der Waals surface area (Å²) < 4.78 is 5.90. The van der Waals surface area contributed by atoms with E-state index in [4.69, 9.17) is 4.42 Å². The van der Waals surface area contributed by atoms with Crippen LogP contribution in [-0.2, 0) is 9.59 Å². The summed E-state index contributed by atoms with van der Waals surface area (Å²) in [6, 6.07) is 6.76. The molecule has 3 N–H and O–H groups in total. The highest BCUT2D eigenvalue weighted by Gasteiger charge is 2.51. The highest BCUT2D eigenvalue weighted by Crippen LogP contribution is 2.36. The first kappa shape index (κ1) is 23.4. The summed E-state index contributed by atoms with van der Waals surface area (Å²) in [7, 11) is 3.19. The van der Waals surface area contributed by atoms with Crippen LogP contribution >= 0.6 is 11.8 Å². The van der Waals surface area contributed by atoms with Gasteiger partial charge >= 0.3 is 0 Å². The summed E-state index contributed by atoms with van der Waals surface area (Å²) >= 11 is 1.91. The smallest absolute Gasteiger partial charge is 0.257 e. The number of nitrogens with zero attached hydrogens (tertiary/aromatic N) is 1. The zero-order valence-electron chi connectivity index (χ0n) is 19.0. The van der Waals surface area contributed by atoms with Crippen LogP contribution in [0.15, 0.2) is 34.7 Å². The third-order valence-electron chi connectivity index (χ3n) is 6.29. The average molecular weight is 472 g/mol. The van der Waals surface area contributed by atoms with Crippen LogP contribution in [0, 0.1) is 12.8 Å². The van der Waals surface area contributed by atoms with Gasteiger partial charge in [-0.3, -0.25) is 19.7 Å². The van der Waals surface area contributed by atoms with E-state index in [-0.39, 0.29) is 34.9 Å². The molecule has 1 aromatic heterocycles. The van der Waals surface area contributed by atoms with Crippen LogP contribution in [-0.4, -0.2) is 65.2 Å². The maximum Gasteiger partial charge on any atom is 0.257 e. The number of anilines is 1. The Hall–Kier alpha value is -2.78. The van der Waals surface area contributed by atoms with E-state index in [0.29, 0.717) is 0 Å². The normalized spacial score (nSPS) is 22.0. The summed E-state index contributed by atoms with van der Waals surface area (Å²) in [5, 5.41) is 17.0. The molecule has 1 aromatic carbocycles. The van der Waals surface area contributed by atoms with E-state index in [1.165, 1.54) is 11.0 Å². The number of aromatic hydroxyl groups is 1. The molecule has 3 unspecified atom stereocenters. The van der Waals surface area contributed by atoms with E-state index in [1.54, 1.807) is 26.2 Å². The SMILES string of the molecule is Cc1ccc(C(NC2C(=O)C(=O)C2Nc2cccc(C(=O)N(C)C)c2O)C2CCSCC2)o1. The number of rotatable bonds is 7. The Kier molecular flexibility index (Phi) is 6.81. The van der Waals surface area contributed by atoms with Crippen LogP contribution in [0.3, 0.4) is 0 Å². The average Bonchev–Trinajstić information content (AvgIpc) is 3.25. The first-order valence-corrected chi connectivity index (χ1v) is 12.2. The number of furan rings is 1. The van der Waals surface area contributed by atoms with Gasteiger partial charge < -0.3 is 19.7 Å². The zero-order chi connectivity index (χ0) is 23.7. The lowest BCUT2D eigenvalue weighted by Gasteiger charge is -2.39. The molecule has 1 saturated carbocycles. The molecular weight excluding hydrogens is 442 g/mol. The molecule has 9 heteroatoms. The quantitative estimate of drug-likeness (QED) is 0.418. The van der Waals surface area contributed by atoms with E-state index in [1.807, 2.05) is 30.8 Å². The highest BCUT2D eigenvalue weighted by atomic mass is 32.2. The number of benzene rings is 1. The fraction of sp³-hybridized carbons (Fsp3) is 0.458. The lowest BCUT2D eigenvalue weighted by atomic mass is 9.80. The molecule has 4 rings (SSSR count). The Morgan fingerprint density at radius 2 is 1.82 bits per heavy atom. The number of amides is 1. The van der Waals surface area contributed by atoms with Crippen LogP contribution in [0.4, 0.5) is 5.69 Å². The van der Waals surface area contributed by atoms with Gasteiger partial charge in [-0.2, -0.15) is 11.8 Å². The number of thioether (sulfide) groups is 1. The molecule has 3 atom stereocenters. The fourth-order valence-corrected chi connectivity index (χ4v) is 5.53. The number of ketones is 2. The van der Waals surface area contributed by atoms with Crippen LogP contribution in [0.1, 0.15) is 40.8 Å². The number of Topliss-reactive ketones (excluding diaryl/α,β-unsaturated/α-hetero) is 2. The topological polar surface area (TPSA) is 112 Å². The van der Waals surface area contributed by atoms with Gasteiger partial charge in [0.15, 0.2) is 5.75 Å². The predicted octanol–water partition coefficient (Wildman–Crippen LogP) is 2.77. The first-order valence-electron chi connectivity index (χ1n) is 11.1. The van der Waals surface area contributed by atoms with Crippen LogP contribution < -0.4 is 10.6 Å². The van der Waals surface area contributed by atoms with Gasteiger partial charge in [0.25, 0.3) is 5.91 Å². The monoisotopic (exact) mass is 471 g/mol. The molecule has 0 bridgehead atoms. The highest BCUT2D eigenvalue weighted by molar-refractivity contribution is 7.99. The van der Waals surface area contributed by atoms with Crippen molar-refractivity contribution in [2.75, 3.05) is 30.9 Å². The summed E-state index contributed by atoms with van der Waals surface area (Å²) in [6.07, 6.45) is 1.98. The molecule has 2 heterocycles. The molecule has 1 aliphatic carbocycles. The number of phenols is 1. The van der Waals surface area contributed by atoms with E-state index in [0.717, 1.165) is 35.9 Å². The van der Waals surface area contributed by atoms with E-state index >= 15 is 0 Å². The molecule has 8 nitrogen and oxygen atoms in total. The molecule has 1 amide bonds. The Bertz CT molecular complexity index is 1060. The standard InChI is InChI=1S/C24H29N3O5S/c1-13-7-8-17(32-13)18(14-9-11-33-12-10-14)26-20-19(22(29)23(20)30)25-16-6-4-5-15(21(16)28)24(31)27(2)3/h4-8,14,18-20,25-26,28H,9-12H2,1-3H3. The van der Waals surface area contributed by atoms with E-state index in [2.05, 4.69) is 10.6 Å². The second kappa shape index (κ2) is 9.61. The van der Waals surface area contributed by atoms with Gasteiger partial charge in [0.2, 0.25) is 11.6 Å². The largest absolute Gasteiger partial charge is 0.505 e. The molecular formula is C24H29N3O5S. The molecule has 1 aliphatic heterocycles. The minimum atomic E-state index is -0.843. The fourth-order valence-electron chi connectivity index (χ4n) is 4.39. The van der Waals surface area contributed by atoms with Crippen molar-refractivity contribution in [2.24, 2.45) is 5.92 Å². The van der Waals surface area contributed by atoms with Crippen molar-refractivity contribution in [3.8, 4) is 5.75 Å². The van der Waals surface area contributed by atoms with Gasteiger partial charge in [0, 0.05) is 14.1 Å². The lowest BCUT2D eigenvalue weighted by molar-refractivity contribution is -0.146. The van der Waals surface area contributed by atoms with Crippen molar-refractivity contribution < 1.29 is 23.9 Å². The lowest BCUT2D eigenvalue weighted by Crippen LogP contribution is -2.67. The summed E-state index contributed by atoms with van der Waals surface area (Å²) in [5.74, 6) is 2.28. The van der Waals surface area contributed by atoms with Crippen molar-refractivity contribution in [1.82, 2.24) is 10.2 Å². The van der Waals surface area contributed by atoms with Gasteiger partial charge in [0.1, 0.15) is 23.6 Å². The van der Waals surface area contributed by atoms with Gasteiger partial charge in [-0.25, -0.2) is 0 Å². The van der Waals surface area contributed by atoms with Gasteiger partial charge in [0.05, 0.1) is 17.3 Å². The van der Waals surface area contributed by atoms with Crippen LogP contribution in [0.25, 0.3) is 0 Å². The number of aryl methyl sites for hydroxylation is 1. The van der Waals surface area contributed by atoms with Crippen molar-refractivity contribution in [2.45, 2.75) is 37.9 Å². The number of phenolic OH excluding ortho intramolecular Hbond substituents is 1. The molecule has 33 heavy (non-hydrogen) atoms. The maximum atomic E-state index is 12.6. The summed E-state index contributed by atoms with van der Waals surface area (Å²) in [5.41, 5.74) is 0.357. The van der Waals surface area contributed by atoms with Crippen molar-refractivity contribution >= 4 is 34.9 Å². The number of hydrogen-bond acceptors (Lipinski definition) is 8. The number of para-hydroxylation sites is 1. The Balaban J connectivity index is 1.56. The summed E-state index contributed by atoms with van der Waals surface area (Å²) in [6.45, 7) is 1.88. The number of carbonyl (C=O) groups excluding carboxylic acids is 3. The maximum absolute atomic E-state index is 12.6. The van der Waals surface area contributed by atoms with Gasteiger partial charge in [-0.15, -0.1) is 0 Å². The molecule has 2 aliphatic rings. The summed E-state index contributed by atoms with van der Waals surface area (Å²) in [4.78, 5) is 38.7. The molecule has 1 saturated heterocycles. The molecule has 2 aromatic rings. The molecule has 2 fully saturated rings. The number of carbonyl (C=O) groups is 3. The van der Waals surface area contributed by atoms with Crippen molar-refractivity contribution in [1.29, 1.82) is 0 Å². The number of hydrogen-bond donors (Lipinski definition) is 3. The Morgan fingerprint density at radius 1 is 1.12 bits per heavy atom. The third-order valence-corrected chi connectivity index (χ3v) is 7.34. The van der Waals surface area contributed by atoms with Crippen LogP contribution in [0.5, 0.6) is 5.75 Å². The molecule has 0 radical (unpaired) electrons. The Morgan fingerprint density at radius 3 is 2.45 bits per heavy atom. The first-order chi connectivity index (χ1) is 15.8.